The van der Waals surface area contributed by atoms with Crippen molar-refractivity contribution in [2.75, 3.05) is 0 Å². The molecule has 0 aliphatic carbocycles. The minimum Gasteiger partial charge on any atom is -0.489 e. The quantitative estimate of drug-likeness (QED) is 0.860. The third-order valence-corrected chi connectivity index (χ3v) is 3.27. The van der Waals surface area contributed by atoms with Gasteiger partial charge < -0.3 is 10.5 Å². The second kappa shape index (κ2) is 6.12. The van der Waals surface area contributed by atoms with Crippen LogP contribution in [0.15, 0.2) is 46.9 Å². The molecule has 19 heavy (non-hydrogen) atoms. The molecule has 2 aromatic carbocycles. The Kier molecular flexibility index (Phi) is 4.50. The third-order valence-electron chi connectivity index (χ3n) is 2.54. The average Bonchev–Trinajstić information content (AvgIpc) is 2.40. The van der Waals surface area contributed by atoms with Crippen molar-refractivity contribution in [1.82, 2.24) is 0 Å². The van der Waals surface area contributed by atoms with Crippen LogP contribution in [0.25, 0.3) is 0 Å². The Balaban J connectivity index is 2.06. The van der Waals surface area contributed by atoms with Gasteiger partial charge in [-0.25, -0.2) is 4.39 Å². The molecule has 0 saturated heterocycles. The molecule has 0 fully saturated rings. The molecule has 0 bridgehead atoms. The van der Waals surface area contributed by atoms with Gasteiger partial charge in [-0.15, -0.1) is 0 Å². The van der Waals surface area contributed by atoms with Crippen LogP contribution in [-0.2, 0) is 6.61 Å². The van der Waals surface area contributed by atoms with E-state index in [-0.39, 0.29) is 12.4 Å². The smallest absolute Gasteiger partial charge is 0.129 e. The minimum absolute atomic E-state index is 0.164. The van der Waals surface area contributed by atoms with E-state index in [0.29, 0.717) is 16.3 Å². The summed E-state index contributed by atoms with van der Waals surface area (Å²) in [5.41, 5.74) is 6.77. The van der Waals surface area contributed by atoms with Crippen LogP contribution in [0.5, 0.6) is 5.75 Å². The van der Waals surface area contributed by atoms with Gasteiger partial charge in [0, 0.05) is 15.6 Å². The summed E-state index contributed by atoms with van der Waals surface area (Å²) in [6.45, 7) is 0.164. The maximum atomic E-state index is 13.5. The van der Waals surface area contributed by atoms with E-state index in [1.165, 1.54) is 6.07 Å². The molecular formula is C14H11BrFNOS. The van der Waals surface area contributed by atoms with Gasteiger partial charge in [0.15, 0.2) is 0 Å². The largest absolute Gasteiger partial charge is 0.489 e. The summed E-state index contributed by atoms with van der Waals surface area (Å²) in [7, 11) is 0. The highest BCUT2D eigenvalue weighted by Crippen LogP contribution is 2.19. The highest BCUT2D eigenvalue weighted by molar-refractivity contribution is 9.10. The van der Waals surface area contributed by atoms with E-state index in [9.17, 15) is 4.39 Å². The fourth-order valence-corrected chi connectivity index (χ4v) is 2.08. The van der Waals surface area contributed by atoms with E-state index in [1.807, 2.05) is 0 Å². The van der Waals surface area contributed by atoms with Crippen molar-refractivity contribution in [3.8, 4) is 5.75 Å². The van der Waals surface area contributed by atoms with E-state index < -0.39 is 0 Å². The van der Waals surface area contributed by atoms with Crippen LogP contribution in [0.3, 0.4) is 0 Å². The molecule has 0 aromatic heterocycles. The molecule has 0 saturated carbocycles. The highest BCUT2D eigenvalue weighted by Gasteiger charge is 2.04. The summed E-state index contributed by atoms with van der Waals surface area (Å²) in [4.78, 5) is 0.338. The van der Waals surface area contributed by atoms with Crippen LogP contribution >= 0.6 is 28.1 Å². The lowest BCUT2D eigenvalue weighted by molar-refractivity contribution is 0.300. The standard InChI is InChI=1S/C14H11BrFNOS/c15-11-3-6-13(16)10(7-11)8-18-12-4-1-9(2-5-12)14(17)19/h1-7H,8H2,(H2,17,19). The van der Waals surface area contributed by atoms with E-state index in [1.54, 1.807) is 36.4 Å². The molecule has 0 aliphatic heterocycles. The SMILES string of the molecule is NC(=S)c1ccc(OCc2cc(Br)ccc2F)cc1. The Hall–Kier alpha value is -1.46. The average molecular weight is 340 g/mol. The van der Waals surface area contributed by atoms with Gasteiger partial charge in [-0.3, -0.25) is 0 Å². The molecule has 0 heterocycles. The van der Waals surface area contributed by atoms with Crippen LogP contribution in [0.1, 0.15) is 11.1 Å². The summed E-state index contributed by atoms with van der Waals surface area (Å²) >= 11 is 8.16. The van der Waals surface area contributed by atoms with Crippen LogP contribution in [-0.4, -0.2) is 4.99 Å². The second-order valence-corrected chi connectivity index (χ2v) is 5.27. The number of halogens is 2. The molecule has 2 aromatic rings. The lowest BCUT2D eigenvalue weighted by atomic mass is 10.2. The molecule has 0 unspecified atom stereocenters. The van der Waals surface area contributed by atoms with Crippen molar-refractivity contribution in [2.24, 2.45) is 5.73 Å². The van der Waals surface area contributed by atoms with Crippen LogP contribution < -0.4 is 10.5 Å². The first kappa shape index (κ1) is 14.0. The first-order valence-corrected chi connectivity index (χ1v) is 6.73. The zero-order valence-corrected chi connectivity index (χ0v) is 12.3. The van der Waals surface area contributed by atoms with E-state index in [2.05, 4.69) is 15.9 Å². The number of hydrogen-bond acceptors (Lipinski definition) is 2. The van der Waals surface area contributed by atoms with Crippen molar-refractivity contribution in [2.45, 2.75) is 6.61 Å². The predicted octanol–water partition coefficient (Wildman–Crippen LogP) is 3.80. The summed E-state index contributed by atoms with van der Waals surface area (Å²) in [6.07, 6.45) is 0. The number of nitrogens with two attached hydrogens (primary N) is 1. The summed E-state index contributed by atoms with van der Waals surface area (Å²) in [5, 5.41) is 0. The lowest BCUT2D eigenvalue weighted by Gasteiger charge is -2.08. The van der Waals surface area contributed by atoms with Crippen LogP contribution in [0, 0.1) is 5.82 Å². The topological polar surface area (TPSA) is 35.2 Å². The summed E-state index contributed by atoms with van der Waals surface area (Å²) in [5.74, 6) is 0.349. The van der Waals surface area contributed by atoms with Crippen molar-refractivity contribution >= 4 is 33.1 Å². The van der Waals surface area contributed by atoms with Crippen molar-refractivity contribution in [3.05, 3.63) is 63.9 Å². The van der Waals surface area contributed by atoms with Gasteiger partial charge in [0.1, 0.15) is 23.2 Å². The molecule has 0 atom stereocenters. The third kappa shape index (κ3) is 3.75. The number of thiocarbonyl (C=S) groups is 1. The van der Waals surface area contributed by atoms with Crippen LogP contribution in [0.2, 0.25) is 0 Å². The molecule has 2 N–H and O–H groups in total. The van der Waals surface area contributed by atoms with Crippen molar-refractivity contribution in [3.63, 3.8) is 0 Å². The number of benzene rings is 2. The highest BCUT2D eigenvalue weighted by atomic mass is 79.9. The maximum absolute atomic E-state index is 13.5. The first-order valence-electron chi connectivity index (χ1n) is 5.53. The summed E-state index contributed by atoms with van der Waals surface area (Å²) in [6, 6.07) is 11.8. The Morgan fingerprint density at radius 1 is 1.21 bits per heavy atom. The Bertz CT molecular complexity index is 601. The maximum Gasteiger partial charge on any atom is 0.129 e. The fraction of sp³-hybridized carbons (Fsp3) is 0.0714. The van der Waals surface area contributed by atoms with Crippen molar-refractivity contribution < 1.29 is 9.13 Å². The second-order valence-electron chi connectivity index (χ2n) is 3.91. The number of rotatable bonds is 4. The molecule has 2 rings (SSSR count). The van der Waals surface area contributed by atoms with Crippen molar-refractivity contribution in [1.29, 1.82) is 0 Å². The number of ether oxygens (including phenoxy) is 1. The van der Waals surface area contributed by atoms with Gasteiger partial charge in [0.25, 0.3) is 0 Å². The lowest BCUT2D eigenvalue weighted by Crippen LogP contribution is -2.08. The van der Waals surface area contributed by atoms with Gasteiger partial charge in [0.05, 0.1) is 0 Å². The van der Waals surface area contributed by atoms with Crippen LogP contribution in [0.4, 0.5) is 4.39 Å². The minimum atomic E-state index is -0.289. The summed E-state index contributed by atoms with van der Waals surface area (Å²) < 4.78 is 19.8. The molecule has 0 spiro atoms. The molecule has 2 nitrogen and oxygen atoms in total. The molecule has 0 amide bonds. The Morgan fingerprint density at radius 3 is 2.53 bits per heavy atom. The molecule has 0 radical (unpaired) electrons. The van der Waals surface area contributed by atoms with E-state index in [0.717, 1.165) is 10.0 Å². The van der Waals surface area contributed by atoms with Gasteiger partial charge in [-0.1, -0.05) is 28.1 Å². The molecular weight excluding hydrogens is 329 g/mol. The predicted molar refractivity (Wildman–Crippen MR) is 80.8 cm³/mol. The Morgan fingerprint density at radius 2 is 1.89 bits per heavy atom. The fourth-order valence-electron chi connectivity index (χ4n) is 1.53. The van der Waals surface area contributed by atoms with E-state index >= 15 is 0 Å². The molecule has 5 heteroatoms. The first-order chi connectivity index (χ1) is 9.06. The normalized spacial score (nSPS) is 10.2. The number of hydrogen-bond donors (Lipinski definition) is 1. The van der Waals surface area contributed by atoms with Gasteiger partial charge in [-0.2, -0.15) is 0 Å². The zero-order valence-electron chi connectivity index (χ0n) is 9.90. The van der Waals surface area contributed by atoms with Gasteiger partial charge in [-0.05, 0) is 42.5 Å². The van der Waals surface area contributed by atoms with Gasteiger partial charge >= 0.3 is 0 Å². The zero-order chi connectivity index (χ0) is 13.8. The monoisotopic (exact) mass is 339 g/mol. The molecule has 0 aliphatic rings. The van der Waals surface area contributed by atoms with E-state index in [4.69, 9.17) is 22.7 Å². The molecule has 98 valence electrons. The Labute approximate surface area is 124 Å². The van der Waals surface area contributed by atoms with Gasteiger partial charge in [0.2, 0.25) is 0 Å².